The van der Waals surface area contributed by atoms with Crippen molar-refractivity contribution in [2.75, 3.05) is 0 Å². The van der Waals surface area contributed by atoms with Crippen molar-refractivity contribution in [1.82, 2.24) is 0 Å². The number of hydrogen-bond donors (Lipinski definition) is 0. The van der Waals surface area contributed by atoms with E-state index in [0.717, 1.165) is 109 Å². The third-order valence-electron chi connectivity index (χ3n) is 32.6. The van der Waals surface area contributed by atoms with Gasteiger partial charge in [-0.1, -0.05) is 107 Å². The molecule has 27 atom stereocenters. The average molecular weight is 1710 g/mol. The molecule has 4 aliphatic heterocycles. The van der Waals surface area contributed by atoms with Gasteiger partial charge in [0.05, 0.1) is 69.0 Å². The SMILES string of the molecule is C.C.C.C.C.C.C.C.CCC(C)(C)C(=O)OC1C2CC3C1OC(=O)C3C2C(=O)OC1(C)CCCC1.CCC(C)(C)C(=O)OC1C2CC3C1OC(=O)C3C2C(=O)OC1(C)CCCCC1.CCC(C)(C)C(=O)OC1C2CC3C1OC(=O)C3C2C(=O)OC1(CC)CC2CCC1C2.CCC1(OC(=O)C2C3CC4C(OC(=O)C42)C3OC(=O)C(C)(C)CC)CCCC1. The second-order valence-corrected chi connectivity index (χ2v) is 40.6. The third kappa shape index (κ3) is 18.1. The molecule has 0 radical (unpaired) electrons. The molecule has 17 fully saturated rings. The molecule has 4 saturated heterocycles. The molecule has 10 bridgehead atoms. The van der Waals surface area contributed by atoms with Crippen LogP contribution >= 0.6 is 0 Å². The lowest BCUT2D eigenvalue weighted by molar-refractivity contribution is -0.182. The van der Waals surface area contributed by atoms with Crippen LogP contribution in [0.3, 0.4) is 0 Å². The molecule has 0 aromatic heterocycles. The van der Waals surface area contributed by atoms with Crippen LogP contribution in [0.1, 0.15) is 344 Å². The van der Waals surface area contributed by atoms with E-state index in [-0.39, 0.29) is 184 Å². The smallest absolute Gasteiger partial charge is 0.311 e. The fourth-order valence-electron chi connectivity index (χ4n) is 24.0. The van der Waals surface area contributed by atoms with Crippen molar-refractivity contribution in [2.24, 2.45) is 128 Å². The standard InChI is InChI=1S/C24H34O6.2C22H32O6.C21H30O6.8CH4/c1-5-23(3,4)22(27)29-19-15-10-14-16(20(25)28-18(14)19)17(15)21(26)30-24(6-2)11-12-7-8-13(24)9-12;1-5-21(2,3)20(25)27-17-13-11-12-14(18(23)26-16(12)17)15(13)19(24)28-22(4)9-7-6-8-10-22;1-5-21(3,4)20(25)27-17-13-11-12-14(18(23)26-16(12)17)15(13)19(24)28-22(6-2)9-7-8-10-22;1-5-20(2,3)19(24)26-16-12-10-11-13(17(22)25-15(11)16)14(12)18(23)27-21(4)8-6-7-9-21;;;;;;;;/h12-19H,5-11H2,1-4H3;2*12-17H,5-11H2,1-4H3;11-16H,5-10H2,1-4H3;8*1H4. The summed E-state index contributed by atoms with van der Waals surface area (Å²) < 4.78 is 69.9. The Morgan fingerprint density at radius 2 is 0.603 bits per heavy atom. The number of carbonyl (C=O) groups is 12. The molecule has 0 amide bonds. The van der Waals surface area contributed by atoms with E-state index in [1.54, 1.807) is 0 Å². The van der Waals surface area contributed by atoms with Crippen LogP contribution in [0.2, 0.25) is 0 Å². The maximum absolute atomic E-state index is 13.5. The van der Waals surface area contributed by atoms with Gasteiger partial charge in [0.25, 0.3) is 0 Å². The second kappa shape index (κ2) is 38.1. The Bertz CT molecular complexity index is 3740. The van der Waals surface area contributed by atoms with Gasteiger partial charge in [-0.25, -0.2) is 0 Å². The topological polar surface area (TPSA) is 316 Å². The number of ether oxygens (including phenoxy) is 12. The van der Waals surface area contributed by atoms with Crippen LogP contribution in [0.5, 0.6) is 0 Å². The molecule has 4 heterocycles. The summed E-state index contributed by atoms with van der Waals surface area (Å²) in [7, 11) is 0. The van der Waals surface area contributed by atoms with E-state index in [1.807, 2.05) is 96.9 Å². The molecule has 0 spiro atoms. The van der Waals surface area contributed by atoms with Crippen LogP contribution < -0.4 is 0 Å². The summed E-state index contributed by atoms with van der Waals surface area (Å²) in [6.45, 7) is 30.7. The zero-order valence-electron chi connectivity index (χ0n) is 69.9. The highest BCUT2D eigenvalue weighted by atomic mass is 16.6. The van der Waals surface area contributed by atoms with Crippen LogP contribution in [0.4, 0.5) is 0 Å². The maximum Gasteiger partial charge on any atom is 0.311 e. The number of hydrogen-bond acceptors (Lipinski definition) is 24. The van der Waals surface area contributed by atoms with Gasteiger partial charge in [-0.3, -0.25) is 57.5 Å². The summed E-state index contributed by atoms with van der Waals surface area (Å²) in [4.78, 5) is 154. The Hall–Kier alpha value is -6.36. The van der Waals surface area contributed by atoms with Gasteiger partial charge in [-0.15, -0.1) is 0 Å². The highest BCUT2D eigenvalue weighted by molar-refractivity contribution is 5.90. The van der Waals surface area contributed by atoms with E-state index >= 15 is 0 Å². The van der Waals surface area contributed by atoms with Gasteiger partial charge >= 0.3 is 71.6 Å². The van der Waals surface area contributed by atoms with Gasteiger partial charge in [-0.05, 0) is 248 Å². The summed E-state index contributed by atoms with van der Waals surface area (Å²) in [5.74, 6) is -7.46. The highest BCUT2D eigenvalue weighted by Crippen LogP contribution is 2.65. The minimum atomic E-state index is -0.602. The first-order valence-corrected chi connectivity index (χ1v) is 43.8. The van der Waals surface area contributed by atoms with Gasteiger partial charge in [-0.2, -0.15) is 0 Å². The number of rotatable bonds is 22. The predicted molar refractivity (Wildman–Crippen MR) is 456 cm³/mol. The van der Waals surface area contributed by atoms with Crippen molar-refractivity contribution in [2.45, 2.75) is 415 Å². The van der Waals surface area contributed by atoms with Gasteiger partial charge < -0.3 is 56.8 Å². The first-order valence-electron chi connectivity index (χ1n) is 43.8. The van der Waals surface area contributed by atoms with Crippen LogP contribution in [0.15, 0.2) is 0 Å². The Labute approximate surface area is 725 Å². The van der Waals surface area contributed by atoms with Gasteiger partial charge in [0.15, 0.2) is 0 Å². The number of fused-ring (bicyclic) bond motifs is 6. The van der Waals surface area contributed by atoms with Crippen LogP contribution in [0, 0.1) is 128 Å². The minimum absolute atomic E-state index is 0. The van der Waals surface area contributed by atoms with Gasteiger partial charge in [0.1, 0.15) is 71.2 Å². The van der Waals surface area contributed by atoms with Crippen molar-refractivity contribution in [1.29, 1.82) is 0 Å². The molecule has 17 rings (SSSR count). The second-order valence-electron chi connectivity index (χ2n) is 40.6. The molecule has 121 heavy (non-hydrogen) atoms. The quantitative estimate of drug-likeness (QED) is 0.0718. The van der Waals surface area contributed by atoms with E-state index in [1.165, 1.54) is 12.8 Å². The molecule has 27 unspecified atom stereocenters. The number of carbonyl (C=O) groups excluding carboxylic acids is 12. The average Bonchev–Trinajstić information content (AvgIpc) is 1.56. The number of esters is 12. The Morgan fingerprint density at radius 3 is 0.851 bits per heavy atom. The summed E-state index contributed by atoms with van der Waals surface area (Å²) in [5, 5.41) is 0. The summed E-state index contributed by atoms with van der Waals surface area (Å²) in [6.07, 6.45) is 20.4. The summed E-state index contributed by atoms with van der Waals surface area (Å²) >= 11 is 0. The van der Waals surface area contributed by atoms with E-state index in [4.69, 9.17) is 56.8 Å². The lowest BCUT2D eigenvalue weighted by Crippen LogP contribution is -2.48. The first kappa shape index (κ1) is 103. The lowest BCUT2D eigenvalue weighted by Gasteiger charge is -2.39. The van der Waals surface area contributed by atoms with Gasteiger partial charge in [0.2, 0.25) is 0 Å². The zero-order chi connectivity index (χ0) is 81.5. The normalized spacial score (nSPS) is 37.6. The zero-order valence-corrected chi connectivity index (χ0v) is 69.9. The Kier molecular flexibility index (Phi) is 32.5. The minimum Gasteiger partial charge on any atom is -0.459 e. The first-order chi connectivity index (χ1) is 53.3. The Morgan fingerprint density at radius 1 is 0.339 bits per heavy atom. The van der Waals surface area contributed by atoms with Crippen molar-refractivity contribution < 1.29 is 114 Å². The molecule has 24 heteroatoms. The molecule has 24 nitrogen and oxygen atoms in total. The molecule has 0 aromatic carbocycles. The molecule has 13 saturated carbocycles. The fraction of sp³-hybridized carbons (Fsp3) is 0.876. The largest absolute Gasteiger partial charge is 0.459 e. The Balaban J connectivity index is 0.000000245. The van der Waals surface area contributed by atoms with E-state index in [2.05, 4.69) is 13.8 Å². The van der Waals surface area contributed by atoms with Crippen molar-refractivity contribution in [3.05, 3.63) is 0 Å². The summed E-state index contributed by atoms with van der Waals surface area (Å²) in [5.41, 5.74) is -4.05. The van der Waals surface area contributed by atoms with E-state index < -0.39 is 135 Å². The molecule has 17 aliphatic rings. The van der Waals surface area contributed by atoms with Gasteiger partial charge in [0, 0.05) is 47.3 Å². The van der Waals surface area contributed by atoms with Crippen LogP contribution in [-0.2, 0) is 114 Å². The fourth-order valence-corrected chi connectivity index (χ4v) is 24.0. The molecule has 0 aromatic rings. The molecule has 13 aliphatic carbocycles. The van der Waals surface area contributed by atoms with Crippen molar-refractivity contribution >= 4 is 71.6 Å². The predicted octanol–water partition coefficient (Wildman–Crippen LogP) is 18.6. The highest BCUT2D eigenvalue weighted by Gasteiger charge is 2.75. The van der Waals surface area contributed by atoms with Crippen molar-refractivity contribution in [3.63, 3.8) is 0 Å². The van der Waals surface area contributed by atoms with Crippen LogP contribution in [0.25, 0.3) is 0 Å². The van der Waals surface area contributed by atoms with E-state index in [0.29, 0.717) is 63.2 Å². The molecule has 0 N–H and O–H groups in total. The lowest BCUT2D eigenvalue weighted by atomic mass is 9.77. The third-order valence-corrected chi connectivity index (χ3v) is 32.6. The monoisotopic (exact) mass is 1710 g/mol. The summed E-state index contributed by atoms with van der Waals surface area (Å²) in [6, 6.07) is 0. The molecular weight excluding hydrogens is 1550 g/mol. The van der Waals surface area contributed by atoms with E-state index in [9.17, 15) is 57.5 Å². The van der Waals surface area contributed by atoms with Crippen LogP contribution in [-0.4, -0.2) is 143 Å². The molecular formula is C97H160O24. The van der Waals surface area contributed by atoms with Crippen molar-refractivity contribution in [3.8, 4) is 0 Å². The maximum atomic E-state index is 13.5. The molecule has 692 valence electrons.